The van der Waals surface area contributed by atoms with E-state index in [4.69, 9.17) is 9.97 Å². The van der Waals surface area contributed by atoms with Crippen LogP contribution in [0.2, 0.25) is 0 Å². The third-order valence-corrected chi connectivity index (χ3v) is 4.01. The summed E-state index contributed by atoms with van der Waals surface area (Å²) < 4.78 is 0. The summed E-state index contributed by atoms with van der Waals surface area (Å²) in [5.41, 5.74) is 5.28. The molecule has 2 aromatic heterocycles. The number of hydrogen-bond acceptors (Lipinski definition) is 2. The number of rotatable bonds is 2. The summed E-state index contributed by atoms with van der Waals surface area (Å²) in [7, 11) is 0. The standard InChI is InChI=1S/C20H16N2/c1-2-17-11-9-15-7-8-16(13-20(15)21-17)19-12-10-14-5-3-4-6-18(14)22-19/h3-13H,2H2,1H3. The van der Waals surface area contributed by atoms with Crippen LogP contribution in [0.3, 0.4) is 0 Å². The molecule has 0 N–H and O–H groups in total. The molecule has 2 aromatic carbocycles. The van der Waals surface area contributed by atoms with E-state index in [0.29, 0.717) is 0 Å². The summed E-state index contributed by atoms with van der Waals surface area (Å²) >= 11 is 0. The summed E-state index contributed by atoms with van der Waals surface area (Å²) in [5, 5.41) is 2.33. The minimum Gasteiger partial charge on any atom is -0.253 e. The van der Waals surface area contributed by atoms with Gasteiger partial charge in [0.2, 0.25) is 0 Å². The van der Waals surface area contributed by atoms with Crippen molar-refractivity contribution in [1.29, 1.82) is 0 Å². The lowest BCUT2D eigenvalue weighted by atomic mass is 10.1. The summed E-state index contributed by atoms with van der Waals surface area (Å²) in [6.07, 6.45) is 0.953. The van der Waals surface area contributed by atoms with Crippen molar-refractivity contribution in [2.45, 2.75) is 13.3 Å². The van der Waals surface area contributed by atoms with Crippen molar-refractivity contribution in [3.63, 3.8) is 0 Å². The average molecular weight is 284 g/mol. The van der Waals surface area contributed by atoms with Gasteiger partial charge in [0, 0.05) is 22.0 Å². The van der Waals surface area contributed by atoms with E-state index in [-0.39, 0.29) is 0 Å². The zero-order chi connectivity index (χ0) is 14.9. The number of pyridine rings is 2. The van der Waals surface area contributed by atoms with Crippen LogP contribution in [0.1, 0.15) is 12.6 Å². The normalized spacial score (nSPS) is 11.1. The summed E-state index contributed by atoms with van der Waals surface area (Å²) in [5.74, 6) is 0. The van der Waals surface area contributed by atoms with Gasteiger partial charge in [0.1, 0.15) is 0 Å². The fourth-order valence-electron chi connectivity index (χ4n) is 2.74. The second-order valence-electron chi connectivity index (χ2n) is 5.45. The molecule has 0 amide bonds. The molecular formula is C20H16N2. The number of fused-ring (bicyclic) bond motifs is 2. The van der Waals surface area contributed by atoms with Crippen molar-refractivity contribution in [3.8, 4) is 11.3 Å². The van der Waals surface area contributed by atoms with Crippen molar-refractivity contribution >= 4 is 21.8 Å². The summed E-state index contributed by atoms with van der Waals surface area (Å²) in [6.45, 7) is 2.13. The second kappa shape index (κ2) is 5.23. The molecule has 4 rings (SSSR count). The van der Waals surface area contributed by atoms with Gasteiger partial charge in [-0.2, -0.15) is 0 Å². The van der Waals surface area contributed by atoms with Gasteiger partial charge >= 0.3 is 0 Å². The molecule has 0 bridgehead atoms. The molecule has 0 atom stereocenters. The predicted octanol–water partition coefficient (Wildman–Crippen LogP) is 5.01. The zero-order valence-electron chi connectivity index (χ0n) is 12.5. The Morgan fingerprint density at radius 3 is 2.41 bits per heavy atom. The lowest BCUT2D eigenvalue weighted by Gasteiger charge is -2.06. The molecule has 0 aliphatic carbocycles. The van der Waals surface area contributed by atoms with Gasteiger partial charge in [-0.25, -0.2) is 4.98 Å². The van der Waals surface area contributed by atoms with Gasteiger partial charge in [-0.3, -0.25) is 4.98 Å². The van der Waals surface area contributed by atoms with E-state index in [1.807, 2.05) is 18.2 Å². The number of hydrogen-bond donors (Lipinski definition) is 0. The van der Waals surface area contributed by atoms with Crippen molar-refractivity contribution in [1.82, 2.24) is 9.97 Å². The van der Waals surface area contributed by atoms with Crippen LogP contribution in [0.15, 0.2) is 66.7 Å². The Labute approximate surface area is 129 Å². The molecule has 106 valence electrons. The van der Waals surface area contributed by atoms with Crippen LogP contribution in [-0.4, -0.2) is 9.97 Å². The van der Waals surface area contributed by atoms with E-state index < -0.39 is 0 Å². The summed E-state index contributed by atoms with van der Waals surface area (Å²) in [4.78, 5) is 9.48. The van der Waals surface area contributed by atoms with Crippen LogP contribution in [-0.2, 0) is 6.42 Å². The van der Waals surface area contributed by atoms with E-state index in [2.05, 4.69) is 55.5 Å². The van der Waals surface area contributed by atoms with Crippen molar-refractivity contribution in [3.05, 3.63) is 72.4 Å². The lowest BCUT2D eigenvalue weighted by molar-refractivity contribution is 1.06. The largest absolute Gasteiger partial charge is 0.253 e. The highest BCUT2D eigenvalue weighted by atomic mass is 14.7. The first kappa shape index (κ1) is 13.0. The van der Waals surface area contributed by atoms with Crippen LogP contribution in [0.25, 0.3) is 33.1 Å². The Balaban J connectivity index is 1.87. The van der Waals surface area contributed by atoms with Crippen LogP contribution >= 0.6 is 0 Å². The molecule has 2 heterocycles. The van der Waals surface area contributed by atoms with Crippen molar-refractivity contribution in [2.75, 3.05) is 0 Å². The predicted molar refractivity (Wildman–Crippen MR) is 91.9 cm³/mol. The number of nitrogens with zero attached hydrogens (tertiary/aromatic N) is 2. The fraction of sp³-hybridized carbons (Fsp3) is 0.100. The first-order chi connectivity index (χ1) is 10.8. The maximum Gasteiger partial charge on any atom is 0.0712 e. The molecular weight excluding hydrogens is 268 g/mol. The van der Waals surface area contributed by atoms with Crippen LogP contribution in [0.5, 0.6) is 0 Å². The van der Waals surface area contributed by atoms with Crippen molar-refractivity contribution < 1.29 is 0 Å². The van der Waals surface area contributed by atoms with E-state index in [9.17, 15) is 0 Å². The zero-order valence-corrected chi connectivity index (χ0v) is 12.5. The molecule has 0 spiro atoms. The molecule has 0 fully saturated rings. The monoisotopic (exact) mass is 284 g/mol. The highest BCUT2D eigenvalue weighted by molar-refractivity contribution is 5.86. The Hall–Kier alpha value is -2.74. The Morgan fingerprint density at radius 1 is 0.727 bits per heavy atom. The smallest absolute Gasteiger partial charge is 0.0712 e. The van der Waals surface area contributed by atoms with Gasteiger partial charge in [0.15, 0.2) is 0 Å². The third kappa shape index (κ3) is 2.23. The first-order valence-corrected chi connectivity index (χ1v) is 7.59. The fourth-order valence-corrected chi connectivity index (χ4v) is 2.74. The van der Waals surface area contributed by atoms with E-state index >= 15 is 0 Å². The molecule has 2 heteroatoms. The summed E-state index contributed by atoms with van der Waals surface area (Å²) in [6, 6.07) is 23.0. The highest BCUT2D eigenvalue weighted by Crippen LogP contribution is 2.24. The molecule has 0 aliphatic rings. The molecule has 0 saturated carbocycles. The lowest BCUT2D eigenvalue weighted by Crippen LogP contribution is -1.89. The number of aromatic nitrogens is 2. The topological polar surface area (TPSA) is 25.8 Å². The third-order valence-electron chi connectivity index (χ3n) is 4.01. The quantitative estimate of drug-likeness (QED) is 0.517. The molecule has 2 nitrogen and oxygen atoms in total. The molecule has 0 radical (unpaired) electrons. The Bertz CT molecular complexity index is 973. The number of benzene rings is 2. The van der Waals surface area contributed by atoms with Gasteiger partial charge in [0.25, 0.3) is 0 Å². The number of para-hydroxylation sites is 1. The van der Waals surface area contributed by atoms with Crippen LogP contribution < -0.4 is 0 Å². The first-order valence-electron chi connectivity index (χ1n) is 7.59. The maximum atomic E-state index is 4.77. The molecule has 0 aliphatic heterocycles. The van der Waals surface area contributed by atoms with Gasteiger partial charge in [-0.05, 0) is 30.7 Å². The second-order valence-corrected chi connectivity index (χ2v) is 5.45. The number of aryl methyl sites for hydroxylation is 1. The molecule has 22 heavy (non-hydrogen) atoms. The molecule has 4 aromatic rings. The van der Waals surface area contributed by atoms with E-state index in [0.717, 1.165) is 34.4 Å². The van der Waals surface area contributed by atoms with E-state index in [1.165, 1.54) is 10.8 Å². The molecule has 0 saturated heterocycles. The van der Waals surface area contributed by atoms with Crippen LogP contribution in [0, 0.1) is 0 Å². The average Bonchev–Trinajstić information content (AvgIpc) is 2.60. The van der Waals surface area contributed by atoms with E-state index in [1.54, 1.807) is 0 Å². The van der Waals surface area contributed by atoms with Gasteiger partial charge in [0.05, 0.1) is 16.7 Å². The van der Waals surface area contributed by atoms with Gasteiger partial charge in [-0.15, -0.1) is 0 Å². The van der Waals surface area contributed by atoms with Gasteiger partial charge < -0.3 is 0 Å². The minimum atomic E-state index is 0.953. The molecule has 0 unspecified atom stereocenters. The highest BCUT2D eigenvalue weighted by Gasteiger charge is 2.04. The van der Waals surface area contributed by atoms with Crippen LogP contribution in [0.4, 0.5) is 0 Å². The Morgan fingerprint density at radius 2 is 1.50 bits per heavy atom. The maximum absolute atomic E-state index is 4.77. The van der Waals surface area contributed by atoms with Gasteiger partial charge in [-0.1, -0.05) is 49.4 Å². The van der Waals surface area contributed by atoms with Crippen molar-refractivity contribution in [2.24, 2.45) is 0 Å². The minimum absolute atomic E-state index is 0.953. The SMILES string of the molecule is CCc1ccc2ccc(-c3ccc4ccccc4n3)cc2n1. The Kier molecular flexibility index (Phi) is 3.08.